The van der Waals surface area contributed by atoms with Gasteiger partial charge in [0.25, 0.3) is 0 Å². The van der Waals surface area contributed by atoms with Crippen molar-refractivity contribution in [2.24, 2.45) is 0 Å². The van der Waals surface area contributed by atoms with Crippen LogP contribution in [0.2, 0.25) is 5.28 Å². The molecule has 0 amide bonds. The van der Waals surface area contributed by atoms with Gasteiger partial charge >= 0.3 is 0 Å². The molecule has 0 saturated heterocycles. The fourth-order valence-corrected chi connectivity index (χ4v) is 1.96. The molecule has 1 aromatic carbocycles. The highest BCUT2D eigenvalue weighted by atomic mass is 35.5. The Labute approximate surface area is 125 Å². The molecule has 0 aliphatic rings. The first kappa shape index (κ1) is 13.2. The van der Waals surface area contributed by atoms with E-state index in [2.05, 4.69) is 26.0 Å². The molecule has 5 nitrogen and oxygen atoms in total. The zero-order valence-corrected chi connectivity index (χ0v) is 11.5. The van der Waals surface area contributed by atoms with Crippen molar-refractivity contribution in [3.63, 3.8) is 0 Å². The summed E-state index contributed by atoms with van der Waals surface area (Å²) in [7, 11) is 0. The Balaban J connectivity index is 2.07. The first-order valence-electron chi connectivity index (χ1n) is 6.09. The SMILES string of the molecule is N#Cc1ccc(-c2nc(Cl)nc(-c3ccncc3)n2)cc1. The number of aromatic nitrogens is 4. The van der Waals surface area contributed by atoms with Gasteiger partial charge in [-0.1, -0.05) is 0 Å². The summed E-state index contributed by atoms with van der Waals surface area (Å²) in [5, 5.41) is 8.94. The lowest BCUT2D eigenvalue weighted by Gasteiger charge is -2.04. The second-order valence-electron chi connectivity index (χ2n) is 4.18. The third-order valence-electron chi connectivity index (χ3n) is 2.82. The van der Waals surface area contributed by atoms with Crippen molar-refractivity contribution in [2.75, 3.05) is 0 Å². The van der Waals surface area contributed by atoms with Gasteiger partial charge in [-0.2, -0.15) is 15.2 Å². The minimum absolute atomic E-state index is 0.121. The highest BCUT2D eigenvalue weighted by molar-refractivity contribution is 6.28. The summed E-state index contributed by atoms with van der Waals surface area (Å²) in [4.78, 5) is 16.6. The smallest absolute Gasteiger partial charge is 0.226 e. The first-order valence-corrected chi connectivity index (χ1v) is 6.46. The van der Waals surface area contributed by atoms with Gasteiger partial charge in [-0.3, -0.25) is 4.98 Å². The summed E-state index contributed by atoms with van der Waals surface area (Å²) in [6, 6.07) is 12.6. The van der Waals surface area contributed by atoms with Crippen LogP contribution < -0.4 is 0 Å². The minimum atomic E-state index is 0.121. The molecule has 0 unspecified atom stereocenters. The Morgan fingerprint density at radius 3 is 1.95 bits per heavy atom. The maximum absolute atomic E-state index is 8.82. The van der Waals surface area contributed by atoms with Crippen LogP contribution >= 0.6 is 11.6 Å². The largest absolute Gasteiger partial charge is 0.265 e. The molecule has 3 rings (SSSR count). The summed E-state index contributed by atoms with van der Waals surface area (Å²) < 4.78 is 0. The number of nitriles is 1. The van der Waals surface area contributed by atoms with E-state index in [1.165, 1.54) is 0 Å². The van der Waals surface area contributed by atoms with E-state index in [1.54, 1.807) is 48.8 Å². The highest BCUT2D eigenvalue weighted by Gasteiger charge is 2.09. The quantitative estimate of drug-likeness (QED) is 0.725. The molecule has 0 radical (unpaired) electrons. The summed E-state index contributed by atoms with van der Waals surface area (Å²) in [5.74, 6) is 0.947. The van der Waals surface area contributed by atoms with E-state index in [-0.39, 0.29) is 5.28 Å². The van der Waals surface area contributed by atoms with Gasteiger partial charge < -0.3 is 0 Å². The van der Waals surface area contributed by atoms with Crippen LogP contribution in [0.15, 0.2) is 48.8 Å². The van der Waals surface area contributed by atoms with E-state index in [0.717, 1.165) is 11.1 Å². The van der Waals surface area contributed by atoms with E-state index in [1.807, 2.05) is 0 Å². The zero-order chi connectivity index (χ0) is 14.7. The topological polar surface area (TPSA) is 75.3 Å². The monoisotopic (exact) mass is 293 g/mol. The molecular weight excluding hydrogens is 286 g/mol. The molecule has 2 heterocycles. The van der Waals surface area contributed by atoms with Gasteiger partial charge in [0.2, 0.25) is 5.28 Å². The van der Waals surface area contributed by atoms with Gasteiger partial charge in [0.1, 0.15) is 0 Å². The lowest BCUT2D eigenvalue weighted by atomic mass is 10.1. The average molecular weight is 294 g/mol. The number of nitrogens with zero attached hydrogens (tertiary/aromatic N) is 5. The first-order chi connectivity index (χ1) is 10.3. The lowest BCUT2D eigenvalue weighted by molar-refractivity contribution is 1.06. The van der Waals surface area contributed by atoms with Crippen LogP contribution in [0.4, 0.5) is 0 Å². The Hall–Kier alpha value is -2.84. The van der Waals surface area contributed by atoms with Crippen molar-refractivity contribution in [1.82, 2.24) is 19.9 Å². The van der Waals surface area contributed by atoms with Gasteiger partial charge in [0.05, 0.1) is 11.6 Å². The van der Waals surface area contributed by atoms with Crippen molar-refractivity contribution < 1.29 is 0 Å². The van der Waals surface area contributed by atoms with Gasteiger partial charge in [-0.15, -0.1) is 0 Å². The number of pyridine rings is 1. The van der Waals surface area contributed by atoms with Crippen molar-refractivity contribution in [3.8, 4) is 28.8 Å². The van der Waals surface area contributed by atoms with Crippen molar-refractivity contribution >= 4 is 11.6 Å². The van der Waals surface area contributed by atoms with E-state index in [4.69, 9.17) is 16.9 Å². The number of halogens is 1. The standard InChI is InChI=1S/C15H8ClN5/c16-15-20-13(11-3-1-10(9-17)2-4-11)19-14(21-15)12-5-7-18-8-6-12/h1-8H. The second-order valence-corrected chi connectivity index (χ2v) is 4.51. The minimum Gasteiger partial charge on any atom is -0.265 e. The van der Waals surface area contributed by atoms with Crippen LogP contribution in [0.25, 0.3) is 22.8 Å². The summed E-state index contributed by atoms with van der Waals surface area (Å²) in [6.45, 7) is 0. The van der Waals surface area contributed by atoms with Gasteiger partial charge in [-0.25, -0.2) is 4.98 Å². The van der Waals surface area contributed by atoms with E-state index in [9.17, 15) is 0 Å². The predicted octanol–water partition coefficient (Wildman–Crippen LogP) is 3.13. The Morgan fingerprint density at radius 1 is 0.810 bits per heavy atom. The molecule has 0 aliphatic carbocycles. The van der Waals surface area contributed by atoms with Crippen LogP contribution in [0.3, 0.4) is 0 Å². The number of rotatable bonds is 2. The molecule has 0 bridgehead atoms. The van der Waals surface area contributed by atoms with Gasteiger partial charge in [-0.05, 0) is 48.0 Å². The zero-order valence-electron chi connectivity index (χ0n) is 10.7. The molecule has 2 aromatic heterocycles. The van der Waals surface area contributed by atoms with Crippen molar-refractivity contribution in [3.05, 3.63) is 59.6 Å². The molecule has 6 heteroatoms. The van der Waals surface area contributed by atoms with E-state index in [0.29, 0.717) is 17.2 Å². The average Bonchev–Trinajstić information content (AvgIpc) is 2.55. The summed E-state index contributed by atoms with van der Waals surface area (Å²) in [5.41, 5.74) is 2.16. The number of hydrogen-bond donors (Lipinski definition) is 0. The fourth-order valence-electron chi connectivity index (χ4n) is 1.80. The van der Waals surface area contributed by atoms with Crippen LogP contribution in [0, 0.1) is 11.3 Å². The molecule has 0 N–H and O–H groups in total. The Morgan fingerprint density at radius 2 is 1.38 bits per heavy atom. The molecule has 0 fully saturated rings. The molecular formula is C15H8ClN5. The normalized spacial score (nSPS) is 10.1. The number of benzene rings is 1. The van der Waals surface area contributed by atoms with Gasteiger partial charge in [0, 0.05) is 23.5 Å². The summed E-state index contributed by atoms with van der Waals surface area (Å²) >= 11 is 5.98. The fraction of sp³-hybridized carbons (Fsp3) is 0. The maximum Gasteiger partial charge on any atom is 0.226 e. The maximum atomic E-state index is 8.82. The molecule has 0 aliphatic heterocycles. The van der Waals surface area contributed by atoms with E-state index < -0.39 is 0 Å². The number of hydrogen-bond acceptors (Lipinski definition) is 5. The van der Waals surface area contributed by atoms with Crippen LogP contribution in [-0.2, 0) is 0 Å². The van der Waals surface area contributed by atoms with Crippen LogP contribution in [0.5, 0.6) is 0 Å². The third-order valence-corrected chi connectivity index (χ3v) is 2.99. The molecule has 0 saturated carbocycles. The second kappa shape index (κ2) is 5.65. The Bertz CT molecular complexity index is 810. The van der Waals surface area contributed by atoms with Crippen LogP contribution in [-0.4, -0.2) is 19.9 Å². The molecule has 21 heavy (non-hydrogen) atoms. The Kier molecular flexibility index (Phi) is 3.54. The molecule has 3 aromatic rings. The van der Waals surface area contributed by atoms with Crippen molar-refractivity contribution in [2.45, 2.75) is 0 Å². The van der Waals surface area contributed by atoms with Gasteiger partial charge in [0.15, 0.2) is 11.6 Å². The lowest BCUT2D eigenvalue weighted by Crippen LogP contribution is -1.97. The van der Waals surface area contributed by atoms with E-state index >= 15 is 0 Å². The highest BCUT2D eigenvalue weighted by Crippen LogP contribution is 2.21. The molecule has 100 valence electrons. The predicted molar refractivity (Wildman–Crippen MR) is 78.2 cm³/mol. The van der Waals surface area contributed by atoms with Crippen LogP contribution in [0.1, 0.15) is 5.56 Å². The molecule has 0 atom stereocenters. The summed E-state index contributed by atoms with van der Waals surface area (Å²) in [6.07, 6.45) is 3.32. The third kappa shape index (κ3) is 2.86. The molecule has 0 spiro atoms. The van der Waals surface area contributed by atoms with Crippen molar-refractivity contribution in [1.29, 1.82) is 5.26 Å².